The molecule has 0 aliphatic heterocycles. The number of nitrogens with zero attached hydrogens (tertiary/aromatic N) is 3. The second-order valence-electron chi connectivity index (χ2n) is 4.24. The zero-order chi connectivity index (χ0) is 14.7. The third-order valence-corrected chi connectivity index (χ3v) is 3.57. The van der Waals surface area contributed by atoms with Crippen molar-refractivity contribution >= 4 is 23.4 Å². The predicted octanol–water partition coefficient (Wildman–Crippen LogP) is 2.57. The zero-order valence-corrected chi connectivity index (χ0v) is 12.1. The van der Waals surface area contributed by atoms with Crippen molar-refractivity contribution in [2.24, 2.45) is 0 Å². The number of H-pyrrole nitrogens is 1. The van der Waals surface area contributed by atoms with Gasteiger partial charge in [-0.15, -0.1) is 0 Å². The monoisotopic (exact) mass is 299 g/mol. The smallest absolute Gasteiger partial charge is 0.274 e. The molecule has 0 bridgehead atoms. The highest BCUT2D eigenvalue weighted by atomic mass is 32.2. The number of rotatable bonds is 4. The van der Waals surface area contributed by atoms with E-state index in [0.29, 0.717) is 11.4 Å². The van der Waals surface area contributed by atoms with Gasteiger partial charge < -0.3 is 5.32 Å². The van der Waals surface area contributed by atoms with E-state index in [1.807, 2.05) is 41.2 Å². The van der Waals surface area contributed by atoms with Gasteiger partial charge in [0.05, 0.1) is 18.1 Å². The Bertz CT molecular complexity index is 736. The number of carbonyl (C=O) groups is 1. The number of aromatic amines is 1. The van der Waals surface area contributed by atoms with E-state index < -0.39 is 0 Å². The van der Waals surface area contributed by atoms with Gasteiger partial charge in [-0.25, -0.2) is 4.98 Å². The summed E-state index contributed by atoms with van der Waals surface area (Å²) in [4.78, 5) is 16.7. The number of nitrogens with one attached hydrogen (secondary N) is 2. The largest absolute Gasteiger partial charge is 0.318 e. The fraction of sp³-hybridized carbons (Fsp3) is 0.0714. The summed E-state index contributed by atoms with van der Waals surface area (Å²) >= 11 is 1.49. The molecule has 3 aromatic rings. The normalized spacial score (nSPS) is 10.5. The van der Waals surface area contributed by atoms with Crippen LogP contribution in [0.3, 0.4) is 0 Å². The average Bonchev–Trinajstić information content (AvgIpc) is 3.16. The molecule has 0 aliphatic rings. The minimum absolute atomic E-state index is 0.229. The van der Waals surface area contributed by atoms with Gasteiger partial charge in [0.1, 0.15) is 5.69 Å². The van der Waals surface area contributed by atoms with Crippen molar-refractivity contribution in [3.63, 3.8) is 0 Å². The maximum atomic E-state index is 12.4. The number of hydrogen-bond acceptors (Lipinski definition) is 4. The minimum Gasteiger partial charge on any atom is -0.318 e. The molecule has 0 atom stereocenters. The van der Waals surface area contributed by atoms with Crippen LogP contribution in [0.2, 0.25) is 0 Å². The third-order valence-electron chi connectivity index (χ3n) is 2.92. The van der Waals surface area contributed by atoms with E-state index in [1.54, 1.807) is 18.6 Å². The average molecular weight is 299 g/mol. The molecule has 1 amide bonds. The molecule has 2 N–H and O–H groups in total. The fourth-order valence-electron chi connectivity index (χ4n) is 1.98. The number of amides is 1. The SMILES string of the molecule is CSc1ncc(C(=O)Nc2cn[nH]c2)n1-c1ccccc1. The highest BCUT2D eigenvalue weighted by Crippen LogP contribution is 2.22. The lowest BCUT2D eigenvalue weighted by molar-refractivity contribution is 0.102. The Balaban J connectivity index is 1.99. The van der Waals surface area contributed by atoms with Gasteiger partial charge in [0.25, 0.3) is 5.91 Å². The van der Waals surface area contributed by atoms with Crippen LogP contribution in [0.4, 0.5) is 5.69 Å². The van der Waals surface area contributed by atoms with Crippen molar-refractivity contribution in [3.8, 4) is 5.69 Å². The number of para-hydroxylation sites is 1. The molecule has 0 fully saturated rings. The Hall–Kier alpha value is -2.54. The Morgan fingerprint density at radius 2 is 2.10 bits per heavy atom. The molecule has 2 heterocycles. The van der Waals surface area contributed by atoms with Crippen LogP contribution >= 0.6 is 11.8 Å². The molecule has 0 radical (unpaired) electrons. The summed E-state index contributed by atoms with van der Waals surface area (Å²) < 4.78 is 1.83. The quantitative estimate of drug-likeness (QED) is 0.726. The molecule has 0 unspecified atom stereocenters. The summed E-state index contributed by atoms with van der Waals surface area (Å²) in [6.45, 7) is 0. The van der Waals surface area contributed by atoms with Gasteiger partial charge >= 0.3 is 0 Å². The van der Waals surface area contributed by atoms with Gasteiger partial charge in [0.15, 0.2) is 5.16 Å². The molecule has 21 heavy (non-hydrogen) atoms. The van der Waals surface area contributed by atoms with Crippen LogP contribution in [0.25, 0.3) is 5.69 Å². The molecular weight excluding hydrogens is 286 g/mol. The maximum Gasteiger partial charge on any atom is 0.274 e. The maximum absolute atomic E-state index is 12.4. The van der Waals surface area contributed by atoms with Crippen molar-refractivity contribution in [1.29, 1.82) is 0 Å². The summed E-state index contributed by atoms with van der Waals surface area (Å²) in [6, 6.07) is 9.67. The Labute approximate surface area is 125 Å². The minimum atomic E-state index is -0.229. The number of anilines is 1. The molecule has 0 aliphatic carbocycles. The van der Waals surface area contributed by atoms with E-state index in [-0.39, 0.29) is 5.91 Å². The van der Waals surface area contributed by atoms with E-state index in [2.05, 4.69) is 20.5 Å². The second-order valence-corrected chi connectivity index (χ2v) is 5.02. The van der Waals surface area contributed by atoms with Gasteiger partial charge in [-0.1, -0.05) is 30.0 Å². The second kappa shape index (κ2) is 5.84. The lowest BCUT2D eigenvalue weighted by Crippen LogP contribution is -2.16. The van der Waals surface area contributed by atoms with E-state index in [9.17, 15) is 4.79 Å². The molecular formula is C14H13N5OS. The molecule has 0 saturated heterocycles. The van der Waals surface area contributed by atoms with E-state index in [4.69, 9.17) is 0 Å². The molecule has 0 spiro atoms. The topological polar surface area (TPSA) is 75.6 Å². The summed E-state index contributed by atoms with van der Waals surface area (Å²) in [5.41, 5.74) is 2.00. The molecule has 0 saturated carbocycles. The highest BCUT2D eigenvalue weighted by molar-refractivity contribution is 7.98. The molecule has 1 aromatic carbocycles. The van der Waals surface area contributed by atoms with Crippen molar-refractivity contribution in [2.45, 2.75) is 5.16 Å². The number of carbonyl (C=O) groups excluding carboxylic acids is 1. The number of benzene rings is 1. The third kappa shape index (κ3) is 2.68. The number of hydrogen-bond donors (Lipinski definition) is 2. The molecule has 7 heteroatoms. The number of thioether (sulfide) groups is 1. The van der Waals surface area contributed by atoms with Crippen molar-refractivity contribution in [1.82, 2.24) is 19.7 Å². The first-order chi connectivity index (χ1) is 10.3. The molecule has 2 aromatic heterocycles. The highest BCUT2D eigenvalue weighted by Gasteiger charge is 2.17. The molecule has 6 nitrogen and oxygen atoms in total. The predicted molar refractivity (Wildman–Crippen MR) is 81.9 cm³/mol. The van der Waals surface area contributed by atoms with Crippen molar-refractivity contribution in [2.75, 3.05) is 11.6 Å². The van der Waals surface area contributed by atoms with Gasteiger partial charge in [-0.2, -0.15) is 5.10 Å². The Kier molecular flexibility index (Phi) is 3.74. The van der Waals surface area contributed by atoms with Crippen LogP contribution in [0.1, 0.15) is 10.5 Å². The molecule has 3 rings (SSSR count). The summed E-state index contributed by atoms with van der Waals surface area (Å²) in [6.07, 6.45) is 6.68. The standard InChI is InChI=1S/C14H13N5OS/c1-21-14-15-9-12(13(20)18-10-7-16-17-8-10)19(14)11-5-3-2-4-6-11/h2-9H,1H3,(H,16,17)(H,18,20). The van der Waals surface area contributed by atoms with Crippen LogP contribution < -0.4 is 5.32 Å². The number of aromatic nitrogens is 4. The van der Waals surface area contributed by atoms with Crippen LogP contribution in [0, 0.1) is 0 Å². The van der Waals surface area contributed by atoms with E-state index in [0.717, 1.165) is 10.8 Å². The van der Waals surface area contributed by atoms with Crippen molar-refractivity contribution in [3.05, 3.63) is 54.6 Å². The van der Waals surface area contributed by atoms with Crippen LogP contribution in [0.15, 0.2) is 54.1 Å². The lowest BCUT2D eigenvalue weighted by Gasteiger charge is -2.10. The van der Waals surface area contributed by atoms with E-state index >= 15 is 0 Å². The van der Waals surface area contributed by atoms with Crippen LogP contribution in [-0.4, -0.2) is 31.9 Å². The summed E-state index contributed by atoms with van der Waals surface area (Å²) in [5.74, 6) is -0.229. The zero-order valence-electron chi connectivity index (χ0n) is 11.3. The first-order valence-electron chi connectivity index (χ1n) is 6.27. The van der Waals surface area contributed by atoms with Gasteiger partial charge in [0.2, 0.25) is 0 Å². The first kappa shape index (κ1) is 13.4. The van der Waals surface area contributed by atoms with Crippen molar-refractivity contribution < 1.29 is 4.79 Å². The fourth-order valence-corrected chi connectivity index (χ4v) is 2.52. The van der Waals surface area contributed by atoms with Gasteiger partial charge in [-0.3, -0.25) is 14.5 Å². The first-order valence-corrected chi connectivity index (χ1v) is 7.49. The van der Waals surface area contributed by atoms with Crippen LogP contribution in [-0.2, 0) is 0 Å². The summed E-state index contributed by atoms with van der Waals surface area (Å²) in [5, 5.41) is 10.0. The summed E-state index contributed by atoms with van der Waals surface area (Å²) in [7, 11) is 0. The van der Waals surface area contributed by atoms with Gasteiger partial charge in [-0.05, 0) is 18.4 Å². The molecule has 106 valence electrons. The Morgan fingerprint density at radius 3 is 2.76 bits per heavy atom. The van der Waals surface area contributed by atoms with Crippen LogP contribution in [0.5, 0.6) is 0 Å². The van der Waals surface area contributed by atoms with Gasteiger partial charge in [0, 0.05) is 11.9 Å². The Morgan fingerprint density at radius 1 is 1.29 bits per heavy atom. The number of imidazole rings is 1. The van der Waals surface area contributed by atoms with E-state index in [1.165, 1.54) is 11.8 Å². The lowest BCUT2D eigenvalue weighted by atomic mass is 10.3.